The minimum atomic E-state index is -4.71. The van der Waals surface area contributed by atoms with E-state index in [2.05, 4.69) is 15.0 Å². The van der Waals surface area contributed by atoms with Gasteiger partial charge in [-0.25, -0.2) is 4.98 Å². The molecule has 1 aliphatic rings. The summed E-state index contributed by atoms with van der Waals surface area (Å²) in [6.45, 7) is 8.22. The molecule has 2 aromatic rings. The van der Waals surface area contributed by atoms with Crippen LogP contribution < -0.4 is 15.5 Å². The highest BCUT2D eigenvalue weighted by atomic mass is 19.4. The zero-order valence-electron chi connectivity index (χ0n) is 16.1. The van der Waals surface area contributed by atoms with Crippen molar-refractivity contribution in [2.75, 3.05) is 5.32 Å². The smallest absolute Gasteiger partial charge is 0.406 e. The lowest BCUT2D eigenvalue weighted by molar-refractivity contribution is -0.274. The molecule has 0 atom stereocenters. The minimum Gasteiger partial charge on any atom is -0.406 e. The van der Waals surface area contributed by atoms with Crippen LogP contribution in [0.3, 0.4) is 0 Å². The molecule has 0 saturated carbocycles. The summed E-state index contributed by atoms with van der Waals surface area (Å²) >= 11 is 0. The van der Waals surface area contributed by atoms with E-state index in [1.165, 1.54) is 18.2 Å². The van der Waals surface area contributed by atoms with E-state index in [1.54, 1.807) is 18.3 Å². The van der Waals surface area contributed by atoms with Crippen molar-refractivity contribution >= 4 is 18.4 Å². The molecule has 1 fully saturated rings. The average Bonchev–Trinajstić information content (AvgIpc) is 2.80. The van der Waals surface area contributed by atoms with Crippen molar-refractivity contribution in [3.8, 4) is 5.75 Å². The van der Waals surface area contributed by atoms with Crippen LogP contribution >= 0.6 is 0 Å². The molecule has 1 aromatic carbocycles. The van der Waals surface area contributed by atoms with Gasteiger partial charge in [0, 0.05) is 18.2 Å². The van der Waals surface area contributed by atoms with E-state index in [9.17, 15) is 13.2 Å². The van der Waals surface area contributed by atoms with Crippen molar-refractivity contribution in [2.24, 2.45) is 0 Å². The Bertz CT molecular complexity index is 810. The summed E-state index contributed by atoms with van der Waals surface area (Å²) in [5.74, 6) is 0.332. The zero-order valence-corrected chi connectivity index (χ0v) is 16.1. The monoisotopic (exact) mass is 394 g/mol. The van der Waals surface area contributed by atoms with Crippen LogP contribution in [0.25, 0.3) is 0 Å². The lowest BCUT2D eigenvalue weighted by Crippen LogP contribution is -2.41. The molecular weight excluding hydrogens is 372 g/mol. The fraction of sp³-hybridized carbons (Fsp3) is 0.421. The number of hydrogen-bond acceptors (Lipinski definition) is 5. The van der Waals surface area contributed by atoms with Crippen LogP contribution in [0.2, 0.25) is 0 Å². The molecule has 0 amide bonds. The molecule has 5 nitrogen and oxygen atoms in total. The maximum absolute atomic E-state index is 12.3. The van der Waals surface area contributed by atoms with E-state index in [4.69, 9.17) is 9.31 Å². The van der Waals surface area contributed by atoms with Crippen molar-refractivity contribution in [1.82, 2.24) is 4.98 Å². The molecule has 0 bridgehead atoms. The zero-order chi connectivity index (χ0) is 20.6. The third-order valence-corrected chi connectivity index (χ3v) is 4.92. The van der Waals surface area contributed by atoms with Gasteiger partial charge in [0.05, 0.1) is 11.2 Å². The van der Waals surface area contributed by atoms with Crippen LogP contribution in [0.1, 0.15) is 33.3 Å². The van der Waals surface area contributed by atoms with E-state index in [1.807, 2.05) is 33.8 Å². The molecule has 3 rings (SSSR count). The van der Waals surface area contributed by atoms with Crippen molar-refractivity contribution < 1.29 is 27.2 Å². The van der Waals surface area contributed by atoms with Crippen molar-refractivity contribution in [1.29, 1.82) is 0 Å². The lowest BCUT2D eigenvalue weighted by atomic mass is 9.80. The second-order valence-corrected chi connectivity index (χ2v) is 7.61. The summed E-state index contributed by atoms with van der Waals surface area (Å²) in [5, 5.41) is 3.07. The number of nitrogens with one attached hydrogen (secondary N) is 1. The van der Waals surface area contributed by atoms with Crippen molar-refractivity contribution in [2.45, 2.75) is 51.8 Å². The van der Waals surface area contributed by atoms with Crippen molar-refractivity contribution in [3.63, 3.8) is 0 Å². The number of rotatable bonds is 5. The molecule has 150 valence electrons. The molecule has 9 heteroatoms. The highest BCUT2D eigenvalue weighted by molar-refractivity contribution is 6.62. The van der Waals surface area contributed by atoms with E-state index in [0.29, 0.717) is 17.9 Å². The summed E-state index contributed by atoms with van der Waals surface area (Å²) in [4.78, 5) is 4.33. The first-order valence-electron chi connectivity index (χ1n) is 8.85. The third-order valence-electron chi connectivity index (χ3n) is 4.92. The lowest BCUT2D eigenvalue weighted by Gasteiger charge is -2.32. The van der Waals surface area contributed by atoms with E-state index < -0.39 is 24.7 Å². The van der Waals surface area contributed by atoms with Gasteiger partial charge in [-0.15, -0.1) is 13.2 Å². The molecule has 1 aliphatic heterocycles. The second kappa shape index (κ2) is 7.29. The number of pyridine rings is 1. The van der Waals surface area contributed by atoms with Gasteiger partial charge in [0.2, 0.25) is 0 Å². The maximum Gasteiger partial charge on any atom is 0.573 e. The molecule has 0 aliphatic carbocycles. The van der Waals surface area contributed by atoms with Gasteiger partial charge in [-0.3, -0.25) is 0 Å². The van der Waals surface area contributed by atoms with E-state index >= 15 is 0 Å². The Morgan fingerprint density at radius 2 is 1.75 bits per heavy atom. The Kier molecular flexibility index (Phi) is 5.33. The Balaban J connectivity index is 1.61. The third kappa shape index (κ3) is 4.77. The average molecular weight is 394 g/mol. The molecular formula is C19H22BF3N2O3. The summed E-state index contributed by atoms with van der Waals surface area (Å²) in [6, 6.07) is 9.42. The van der Waals surface area contributed by atoms with Crippen LogP contribution in [0.15, 0.2) is 42.6 Å². The topological polar surface area (TPSA) is 52.6 Å². The van der Waals surface area contributed by atoms with Gasteiger partial charge in [-0.05, 0) is 51.5 Å². The number of aromatic nitrogens is 1. The molecule has 0 spiro atoms. The number of anilines is 1. The fourth-order valence-electron chi connectivity index (χ4n) is 2.67. The SMILES string of the molecule is CC1(C)OB(c2ccc(NCc3cccc(OC(F)(F)F)c3)nc2)OC1(C)C. The van der Waals surface area contributed by atoms with Gasteiger partial charge >= 0.3 is 13.5 Å². The maximum atomic E-state index is 12.3. The van der Waals surface area contributed by atoms with Crippen LogP contribution in [-0.2, 0) is 15.9 Å². The Morgan fingerprint density at radius 3 is 2.32 bits per heavy atom. The van der Waals surface area contributed by atoms with Gasteiger partial charge in [0.15, 0.2) is 0 Å². The van der Waals surface area contributed by atoms with E-state index in [-0.39, 0.29) is 5.75 Å². The normalized spacial score (nSPS) is 18.2. The fourth-order valence-corrected chi connectivity index (χ4v) is 2.67. The second-order valence-electron chi connectivity index (χ2n) is 7.61. The first-order valence-corrected chi connectivity index (χ1v) is 8.85. The molecule has 28 heavy (non-hydrogen) atoms. The van der Waals surface area contributed by atoms with Crippen LogP contribution in [-0.4, -0.2) is 29.7 Å². The van der Waals surface area contributed by atoms with Crippen LogP contribution in [0.4, 0.5) is 19.0 Å². The molecule has 1 aromatic heterocycles. The van der Waals surface area contributed by atoms with Gasteiger partial charge < -0.3 is 19.4 Å². The quantitative estimate of drug-likeness (QED) is 0.780. The number of halogens is 3. The Labute approximate surface area is 162 Å². The number of ether oxygens (including phenoxy) is 1. The van der Waals surface area contributed by atoms with Gasteiger partial charge in [-0.1, -0.05) is 18.2 Å². The van der Waals surface area contributed by atoms with Gasteiger partial charge in [0.25, 0.3) is 0 Å². The highest BCUT2D eigenvalue weighted by Crippen LogP contribution is 2.36. The molecule has 2 heterocycles. The first kappa shape index (κ1) is 20.5. The van der Waals surface area contributed by atoms with E-state index in [0.717, 1.165) is 5.46 Å². The summed E-state index contributed by atoms with van der Waals surface area (Å²) in [5.41, 5.74) is 0.569. The van der Waals surface area contributed by atoms with Gasteiger partial charge in [-0.2, -0.15) is 0 Å². The minimum absolute atomic E-state index is 0.254. The number of benzene rings is 1. The van der Waals surface area contributed by atoms with Gasteiger partial charge in [0.1, 0.15) is 11.6 Å². The van der Waals surface area contributed by atoms with Crippen molar-refractivity contribution in [3.05, 3.63) is 48.2 Å². The standard InChI is InChI=1S/C19H22BF3N2O3/c1-17(2)18(3,4)28-20(27-17)14-8-9-16(25-12-14)24-11-13-6-5-7-15(10-13)26-19(21,22)23/h5-10,12H,11H2,1-4H3,(H,24,25). The summed E-state index contributed by atoms with van der Waals surface area (Å²) in [7, 11) is -0.497. The largest absolute Gasteiger partial charge is 0.573 e. The predicted octanol–water partition coefficient (Wildman–Crippen LogP) is 3.89. The molecule has 1 saturated heterocycles. The van der Waals surface area contributed by atoms with Crippen LogP contribution in [0, 0.1) is 0 Å². The Morgan fingerprint density at radius 1 is 1.07 bits per heavy atom. The van der Waals surface area contributed by atoms with Crippen LogP contribution in [0.5, 0.6) is 5.75 Å². The molecule has 0 radical (unpaired) electrons. The number of alkyl halides is 3. The number of hydrogen-bond donors (Lipinski definition) is 1. The predicted molar refractivity (Wildman–Crippen MR) is 100 cm³/mol. The molecule has 1 N–H and O–H groups in total. The highest BCUT2D eigenvalue weighted by Gasteiger charge is 2.51. The number of nitrogens with zero attached hydrogens (tertiary/aromatic N) is 1. The Hall–Kier alpha value is -2.26. The summed E-state index contributed by atoms with van der Waals surface area (Å²) in [6.07, 6.45) is -3.05. The summed E-state index contributed by atoms with van der Waals surface area (Å²) < 4.78 is 52.8. The molecule has 0 unspecified atom stereocenters. The first-order chi connectivity index (χ1) is 13.0.